The van der Waals surface area contributed by atoms with Gasteiger partial charge >= 0.3 is 5.97 Å². The summed E-state index contributed by atoms with van der Waals surface area (Å²) < 4.78 is 32.9. The SMILES string of the molecule is COc1cc(C)c(S(=O)(=O)N[C@H](Cc2ccccc2)C(=O)O)cc1C. The normalized spacial score (nSPS) is 12.6. The third-order valence-corrected chi connectivity index (χ3v) is 5.47. The second-order valence-corrected chi connectivity index (χ2v) is 7.47. The van der Waals surface area contributed by atoms with Gasteiger partial charge in [0.25, 0.3) is 0 Å². The van der Waals surface area contributed by atoms with Gasteiger partial charge < -0.3 is 9.84 Å². The molecule has 0 aromatic heterocycles. The lowest BCUT2D eigenvalue weighted by molar-refractivity contribution is -0.138. The fourth-order valence-corrected chi connectivity index (χ4v) is 4.05. The summed E-state index contributed by atoms with van der Waals surface area (Å²) in [6.07, 6.45) is 0.0591. The largest absolute Gasteiger partial charge is 0.496 e. The number of rotatable bonds is 7. The highest BCUT2D eigenvalue weighted by atomic mass is 32.2. The van der Waals surface area contributed by atoms with Crippen LogP contribution in [-0.2, 0) is 21.2 Å². The third-order valence-electron chi connectivity index (χ3n) is 3.86. The number of benzene rings is 2. The first-order valence-electron chi connectivity index (χ1n) is 7.69. The van der Waals surface area contributed by atoms with E-state index in [4.69, 9.17) is 4.74 Å². The minimum absolute atomic E-state index is 0.0464. The first-order chi connectivity index (χ1) is 11.7. The van der Waals surface area contributed by atoms with Crippen LogP contribution in [0.4, 0.5) is 0 Å². The summed E-state index contributed by atoms with van der Waals surface area (Å²) >= 11 is 0. The van der Waals surface area contributed by atoms with Gasteiger partial charge in [0.15, 0.2) is 0 Å². The lowest BCUT2D eigenvalue weighted by atomic mass is 10.1. The van der Waals surface area contributed by atoms with Crippen LogP contribution in [0.3, 0.4) is 0 Å². The Morgan fingerprint density at radius 3 is 2.36 bits per heavy atom. The van der Waals surface area contributed by atoms with Crippen LogP contribution in [0.2, 0.25) is 0 Å². The predicted octanol–water partition coefficient (Wildman–Crippen LogP) is 2.29. The molecule has 0 unspecified atom stereocenters. The lowest BCUT2D eigenvalue weighted by Gasteiger charge is -2.17. The molecule has 25 heavy (non-hydrogen) atoms. The number of aliphatic carboxylic acids is 1. The summed E-state index contributed by atoms with van der Waals surface area (Å²) in [6, 6.07) is 10.7. The molecule has 2 aromatic rings. The third kappa shape index (κ3) is 4.58. The topological polar surface area (TPSA) is 92.7 Å². The lowest BCUT2D eigenvalue weighted by Crippen LogP contribution is -2.42. The first-order valence-corrected chi connectivity index (χ1v) is 9.17. The Hall–Kier alpha value is -2.38. The number of nitrogens with one attached hydrogen (secondary N) is 1. The summed E-state index contributed by atoms with van der Waals surface area (Å²) in [5, 5.41) is 9.40. The van der Waals surface area contributed by atoms with E-state index in [1.807, 2.05) is 6.07 Å². The van der Waals surface area contributed by atoms with Gasteiger partial charge in [-0.05, 0) is 49.1 Å². The second-order valence-electron chi connectivity index (χ2n) is 5.79. The molecule has 0 amide bonds. The van der Waals surface area contributed by atoms with E-state index in [2.05, 4.69) is 4.72 Å². The number of carboxylic acids is 1. The standard InChI is InChI=1S/C18H21NO5S/c1-12-10-17(13(2)9-16(12)24-3)25(22,23)19-15(18(20)21)11-14-7-5-4-6-8-14/h4-10,15,19H,11H2,1-3H3,(H,20,21)/t15-/m1/s1. The Bertz CT molecular complexity index is 863. The predicted molar refractivity (Wildman–Crippen MR) is 94.4 cm³/mol. The molecule has 0 aliphatic rings. The molecule has 0 saturated heterocycles. The highest BCUT2D eigenvalue weighted by Gasteiger charge is 2.27. The summed E-state index contributed by atoms with van der Waals surface area (Å²) in [7, 11) is -2.48. The monoisotopic (exact) mass is 363 g/mol. The molecule has 0 fully saturated rings. The second kappa shape index (κ2) is 7.67. The number of carbonyl (C=O) groups is 1. The average molecular weight is 363 g/mol. The van der Waals surface area contributed by atoms with Crippen LogP contribution in [0.1, 0.15) is 16.7 Å². The van der Waals surface area contributed by atoms with Crippen molar-refractivity contribution in [2.24, 2.45) is 0 Å². The summed E-state index contributed by atoms with van der Waals surface area (Å²) in [4.78, 5) is 11.6. The van der Waals surface area contributed by atoms with Crippen molar-refractivity contribution >= 4 is 16.0 Å². The molecule has 0 radical (unpaired) electrons. The van der Waals surface area contributed by atoms with Gasteiger partial charge in [-0.3, -0.25) is 4.79 Å². The van der Waals surface area contributed by atoms with Gasteiger partial charge in [0.1, 0.15) is 11.8 Å². The van der Waals surface area contributed by atoms with E-state index in [-0.39, 0.29) is 11.3 Å². The van der Waals surface area contributed by atoms with Gasteiger partial charge in [0.2, 0.25) is 10.0 Å². The van der Waals surface area contributed by atoms with Crippen LogP contribution in [0, 0.1) is 13.8 Å². The molecule has 0 spiro atoms. The van der Waals surface area contributed by atoms with Crippen molar-refractivity contribution in [3.05, 3.63) is 59.2 Å². The first kappa shape index (κ1) is 19.0. The van der Waals surface area contributed by atoms with Crippen molar-refractivity contribution in [1.29, 1.82) is 0 Å². The maximum absolute atomic E-state index is 12.7. The van der Waals surface area contributed by atoms with Crippen molar-refractivity contribution in [2.75, 3.05) is 7.11 Å². The van der Waals surface area contributed by atoms with E-state index in [0.29, 0.717) is 16.9 Å². The maximum atomic E-state index is 12.7. The number of sulfonamides is 1. The average Bonchev–Trinajstić information content (AvgIpc) is 2.56. The van der Waals surface area contributed by atoms with Crippen molar-refractivity contribution in [3.63, 3.8) is 0 Å². The van der Waals surface area contributed by atoms with E-state index in [1.165, 1.54) is 13.2 Å². The Morgan fingerprint density at radius 1 is 1.16 bits per heavy atom. The fourth-order valence-electron chi connectivity index (χ4n) is 2.55. The van der Waals surface area contributed by atoms with Crippen molar-refractivity contribution in [1.82, 2.24) is 4.72 Å². The molecule has 2 rings (SSSR count). The number of methoxy groups -OCH3 is 1. The zero-order chi connectivity index (χ0) is 18.6. The molecule has 134 valence electrons. The molecular weight excluding hydrogens is 342 g/mol. The molecule has 7 heteroatoms. The molecule has 0 saturated carbocycles. The van der Waals surface area contributed by atoms with Crippen molar-refractivity contribution < 1.29 is 23.1 Å². The van der Waals surface area contributed by atoms with Crippen LogP contribution < -0.4 is 9.46 Å². The highest BCUT2D eigenvalue weighted by Crippen LogP contribution is 2.25. The maximum Gasteiger partial charge on any atom is 0.322 e. The van der Waals surface area contributed by atoms with Gasteiger partial charge in [0.05, 0.1) is 12.0 Å². The zero-order valence-corrected chi connectivity index (χ0v) is 15.1. The van der Waals surface area contributed by atoms with Crippen molar-refractivity contribution in [2.45, 2.75) is 31.2 Å². The molecular formula is C18H21NO5S. The molecule has 0 heterocycles. The van der Waals surface area contributed by atoms with Crippen LogP contribution in [0.25, 0.3) is 0 Å². The van der Waals surface area contributed by atoms with E-state index >= 15 is 0 Å². The molecule has 0 aliphatic carbocycles. The molecule has 6 nitrogen and oxygen atoms in total. The number of ether oxygens (including phenoxy) is 1. The van der Waals surface area contributed by atoms with E-state index in [0.717, 1.165) is 5.56 Å². The van der Waals surface area contributed by atoms with E-state index in [9.17, 15) is 18.3 Å². The van der Waals surface area contributed by atoms with Crippen LogP contribution >= 0.6 is 0 Å². The smallest absolute Gasteiger partial charge is 0.322 e. The zero-order valence-electron chi connectivity index (χ0n) is 14.3. The Morgan fingerprint density at radius 2 is 1.80 bits per heavy atom. The Balaban J connectivity index is 2.32. The summed E-state index contributed by atoms with van der Waals surface area (Å²) in [6.45, 7) is 3.37. The van der Waals surface area contributed by atoms with Crippen LogP contribution in [-0.4, -0.2) is 32.6 Å². The molecule has 0 aliphatic heterocycles. The Kier molecular flexibility index (Phi) is 5.81. The fraction of sp³-hybridized carbons (Fsp3) is 0.278. The summed E-state index contributed by atoms with van der Waals surface area (Å²) in [5.41, 5.74) is 1.88. The van der Waals surface area contributed by atoms with Gasteiger partial charge in [-0.25, -0.2) is 8.42 Å². The Labute approximate surface area is 147 Å². The minimum Gasteiger partial charge on any atom is -0.496 e. The quantitative estimate of drug-likeness (QED) is 0.787. The van der Waals surface area contributed by atoms with Gasteiger partial charge in [-0.2, -0.15) is 4.72 Å². The van der Waals surface area contributed by atoms with Gasteiger partial charge in [-0.15, -0.1) is 0 Å². The highest BCUT2D eigenvalue weighted by molar-refractivity contribution is 7.89. The number of hydrogen-bond acceptors (Lipinski definition) is 4. The number of aryl methyl sites for hydroxylation is 2. The number of carboxylic acid groups (broad SMARTS) is 1. The van der Waals surface area contributed by atoms with E-state index in [1.54, 1.807) is 44.2 Å². The molecule has 1 atom stereocenters. The van der Waals surface area contributed by atoms with Crippen molar-refractivity contribution in [3.8, 4) is 5.75 Å². The number of hydrogen-bond donors (Lipinski definition) is 2. The van der Waals surface area contributed by atoms with Gasteiger partial charge in [0, 0.05) is 0 Å². The van der Waals surface area contributed by atoms with E-state index < -0.39 is 22.0 Å². The van der Waals surface area contributed by atoms with Crippen LogP contribution in [0.15, 0.2) is 47.4 Å². The van der Waals surface area contributed by atoms with Gasteiger partial charge in [-0.1, -0.05) is 30.3 Å². The van der Waals surface area contributed by atoms with Crippen LogP contribution in [0.5, 0.6) is 5.75 Å². The molecule has 0 bridgehead atoms. The molecule has 2 aromatic carbocycles. The minimum atomic E-state index is -3.99. The molecule has 2 N–H and O–H groups in total. The summed E-state index contributed by atoms with van der Waals surface area (Å²) in [5.74, 6) is -0.647.